The van der Waals surface area contributed by atoms with Crippen LogP contribution in [0.3, 0.4) is 0 Å². The first-order valence-electron chi connectivity index (χ1n) is 10.9. The van der Waals surface area contributed by atoms with Crippen LogP contribution in [-0.4, -0.2) is 50.2 Å². The number of nitrogens with zero attached hydrogens (tertiary/aromatic N) is 4. The number of methoxy groups -OCH3 is 1. The minimum Gasteiger partial charge on any atom is -0.497 e. The van der Waals surface area contributed by atoms with Crippen molar-refractivity contribution >= 4 is 62.3 Å². The molecule has 1 aliphatic heterocycles. The normalized spacial score (nSPS) is 17.8. The van der Waals surface area contributed by atoms with Crippen LogP contribution in [0.1, 0.15) is 30.7 Å². The molecule has 0 aliphatic carbocycles. The monoisotopic (exact) mass is 515 g/mol. The van der Waals surface area contributed by atoms with Gasteiger partial charge in [-0.1, -0.05) is 30.4 Å². The standard InChI is InChI=1S/C23H25N5O3S3/c1-5-23(2)10-15-16(11-31-23)34-20-18(15)19-26-27-22(28(19)21(25-20)32-4)33-12-17(29)24-13-6-8-14(30-3)9-7-13/h6-9H,5,10-12H2,1-4H3,(H,24,29). The predicted octanol–water partition coefficient (Wildman–Crippen LogP) is 5.04. The number of hydrogen-bond donors (Lipinski definition) is 1. The summed E-state index contributed by atoms with van der Waals surface area (Å²) < 4.78 is 13.3. The maximum Gasteiger partial charge on any atom is 0.234 e. The zero-order valence-electron chi connectivity index (χ0n) is 19.4. The number of thioether (sulfide) groups is 2. The third-order valence-corrected chi connectivity index (χ3v) is 8.72. The fourth-order valence-corrected chi connectivity index (χ4v) is 6.46. The number of rotatable bonds is 7. The van der Waals surface area contributed by atoms with Gasteiger partial charge in [0, 0.05) is 17.0 Å². The summed E-state index contributed by atoms with van der Waals surface area (Å²) in [6.45, 7) is 4.91. The Bertz CT molecular complexity index is 1370. The molecule has 1 N–H and O–H groups in total. The van der Waals surface area contributed by atoms with Gasteiger partial charge in [-0.2, -0.15) is 0 Å². The van der Waals surface area contributed by atoms with Crippen LogP contribution in [0.15, 0.2) is 34.6 Å². The number of hydrogen-bond acceptors (Lipinski definition) is 9. The molecule has 1 aromatic carbocycles. The molecule has 4 heterocycles. The molecule has 0 saturated carbocycles. The summed E-state index contributed by atoms with van der Waals surface area (Å²) in [4.78, 5) is 19.7. The molecule has 4 aromatic rings. The summed E-state index contributed by atoms with van der Waals surface area (Å²) in [5.41, 5.74) is 2.59. The van der Waals surface area contributed by atoms with Crippen molar-refractivity contribution in [1.29, 1.82) is 0 Å². The van der Waals surface area contributed by atoms with Crippen molar-refractivity contribution in [1.82, 2.24) is 19.6 Å². The fourth-order valence-electron chi connectivity index (χ4n) is 3.98. The molecule has 1 amide bonds. The molecule has 1 atom stereocenters. The third-order valence-electron chi connectivity index (χ3n) is 6.06. The highest BCUT2D eigenvalue weighted by Crippen LogP contribution is 2.42. The lowest BCUT2D eigenvalue weighted by atomic mass is 9.90. The summed E-state index contributed by atoms with van der Waals surface area (Å²) >= 11 is 4.57. The van der Waals surface area contributed by atoms with E-state index in [1.165, 1.54) is 22.2 Å². The Hall–Kier alpha value is -2.34. The number of anilines is 1. The number of carbonyl (C=O) groups excluding carboxylic acids is 1. The summed E-state index contributed by atoms with van der Waals surface area (Å²) in [5, 5.41) is 14.4. The minimum absolute atomic E-state index is 0.115. The second-order valence-electron chi connectivity index (χ2n) is 8.26. The minimum atomic E-state index is -0.187. The number of benzene rings is 1. The van der Waals surface area contributed by atoms with Gasteiger partial charge < -0.3 is 14.8 Å². The van der Waals surface area contributed by atoms with Gasteiger partial charge in [0.25, 0.3) is 0 Å². The van der Waals surface area contributed by atoms with Crippen molar-refractivity contribution in [2.45, 2.75) is 49.2 Å². The molecule has 34 heavy (non-hydrogen) atoms. The van der Waals surface area contributed by atoms with Gasteiger partial charge in [-0.15, -0.1) is 21.5 Å². The summed E-state index contributed by atoms with van der Waals surface area (Å²) in [7, 11) is 1.61. The summed E-state index contributed by atoms with van der Waals surface area (Å²) in [5.74, 6) is 0.838. The van der Waals surface area contributed by atoms with Gasteiger partial charge in [-0.05, 0) is 49.4 Å². The van der Waals surface area contributed by atoms with Gasteiger partial charge in [0.15, 0.2) is 16.0 Å². The molecule has 3 aromatic heterocycles. The fraction of sp³-hybridized carbons (Fsp3) is 0.391. The Balaban J connectivity index is 1.44. The van der Waals surface area contributed by atoms with Crippen LogP contribution in [-0.2, 0) is 22.6 Å². The maximum atomic E-state index is 12.6. The van der Waals surface area contributed by atoms with Gasteiger partial charge in [-0.25, -0.2) is 9.38 Å². The number of aromatic nitrogens is 4. The van der Waals surface area contributed by atoms with Gasteiger partial charge >= 0.3 is 0 Å². The highest BCUT2D eigenvalue weighted by Gasteiger charge is 2.33. The first kappa shape index (κ1) is 23.4. The molecule has 8 nitrogen and oxygen atoms in total. The Labute approximate surface area is 209 Å². The molecule has 1 aliphatic rings. The Morgan fingerprint density at radius 1 is 1.29 bits per heavy atom. The number of nitrogens with one attached hydrogen (secondary N) is 1. The molecule has 11 heteroatoms. The Kier molecular flexibility index (Phi) is 6.45. The lowest BCUT2D eigenvalue weighted by Gasteiger charge is -2.32. The van der Waals surface area contributed by atoms with E-state index in [0.717, 1.165) is 45.3 Å². The molecule has 0 radical (unpaired) electrons. The van der Waals surface area contributed by atoms with Crippen molar-refractivity contribution in [3.63, 3.8) is 0 Å². The van der Waals surface area contributed by atoms with E-state index < -0.39 is 0 Å². The third kappa shape index (κ3) is 4.26. The highest BCUT2D eigenvalue weighted by molar-refractivity contribution is 8.00. The number of thiophene rings is 1. The second kappa shape index (κ2) is 9.37. The number of fused-ring (bicyclic) bond motifs is 5. The number of carbonyl (C=O) groups is 1. The van der Waals surface area contributed by atoms with Crippen LogP contribution in [0, 0.1) is 0 Å². The van der Waals surface area contributed by atoms with Crippen LogP contribution in [0.5, 0.6) is 5.75 Å². The molecule has 5 rings (SSSR count). The van der Waals surface area contributed by atoms with Crippen LogP contribution in [0.2, 0.25) is 0 Å². The lowest BCUT2D eigenvalue weighted by molar-refractivity contribution is -0.113. The van der Waals surface area contributed by atoms with E-state index in [0.29, 0.717) is 11.8 Å². The summed E-state index contributed by atoms with van der Waals surface area (Å²) in [6.07, 6.45) is 3.76. The van der Waals surface area contributed by atoms with Gasteiger partial charge in [0.05, 0.1) is 30.5 Å². The molecule has 0 saturated heterocycles. The lowest BCUT2D eigenvalue weighted by Crippen LogP contribution is -2.33. The maximum absolute atomic E-state index is 12.6. The highest BCUT2D eigenvalue weighted by atomic mass is 32.2. The van der Waals surface area contributed by atoms with E-state index in [1.54, 1.807) is 30.2 Å². The average molecular weight is 516 g/mol. The zero-order valence-corrected chi connectivity index (χ0v) is 21.8. The van der Waals surface area contributed by atoms with Crippen molar-refractivity contribution in [3.8, 4) is 5.75 Å². The van der Waals surface area contributed by atoms with Crippen LogP contribution in [0.4, 0.5) is 5.69 Å². The molecule has 1 unspecified atom stereocenters. The van der Waals surface area contributed by atoms with Gasteiger partial charge in [0.1, 0.15) is 10.6 Å². The SMILES string of the molecule is CCC1(C)Cc2c(sc3nc(SC)n4c(SCC(=O)Nc5ccc(OC)cc5)nnc4c23)CO1. The molecular formula is C23H25N5O3S3. The smallest absolute Gasteiger partial charge is 0.234 e. The van der Waals surface area contributed by atoms with E-state index >= 15 is 0 Å². The number of amides is 1. The summed E-state index contributed by atoms with van der Waals surface area (Å²) in [6, 6.07) is 7.25. The molecule has 0 spiro atoms. The van der Waals surface area contributed by atoms with E-state index in [4.69, 9.17) is 14.5 Å². The first-order valence-corrected chi connectivity index (χ1v) is 13.9. The zero-order chi connectivity index (χ0) is 23.9. The Morgan fingerprint density at radius 3 is 2.79 bits per heavy atom. The van der Waals surface area contributed by atoms with Crippen LogP contribution in [0.25, 0.3) is 15.9 Å². The number of ether oxygens (including phenoxy) is 2. The Morgan fingerprint density at radius 2 is 2.09 bits per heavy atom. The van der Waals surface area contributed by atoms with Crippen molar-refractivity contribution in [3.05, 3.63) is 34.7 Å². The molecule has 0 bridgehead atoms. The topological polar surface area (TPSA) is 90.6 Å². The van der Waals surface area contributed by atoms with Crippen LogP contribution >= 0.6 is 34.9 Å². The van der Waals surface area contributed by atoms with Crippen molar-refractivity contribution < 1.29 is 14.3 Å². The predicted molar refractivity (Wildman–Crippen MR) is 137 cm³/mol. The van der Waals surface area contributed by atoms with Crippen molar-refractivity contribution in [2.24, 2.45) is 0 Å². The van der Waals surface area contributed by atoms with E-state index in [1.807, 2.05) is 34.9 Å². The largest absolute Gasteiger partial charge is 0.497 e. The van der Waals surface area contributed by atoms with E-state index in [9.17, 15) is 4.79 Å². The van der Waals surface area contributed by atoms with E-state index in [-0.39, 0.29) is 17.3 Å². The average Bonchev–Trinajstić information content (AvgIpc) is 3.43. The quantitative estimate of drug-likeness (QED) is 0.270. The second-order valence-corrected chi connectivity index (χ2v) is 11.1. The van der Waals surface area contributed by atoms with Gasteiger partial charge in [0.2, 0.25) is 5.91 Å². The first-order chi connectivity index (χ1) is 16.4. The molecular weight excluding hydrogens is 490 g/mol. The molecule has 178 valence electrons. The van der Waals surface area contributed by atoms with Crippen LogP contribution < -0.4 is 10.1 Å². The van der Waals surface area contributed by atoms with Gasteiger partial charge in [-0.3, -0.25) is 4.79 Å². The van der Waals surface area contributed by atoms with Crippen molar-refractivity contribution in [2.75, 3.05) is 24.4 Å². The molecule has 0 fully saturated rings. The van der Waals surface area contributed by atoms with E-state index in [2.05, 4.69) is 29.4 Å².